The Morgan fingerprint density at radius 2 is 1.75 bits per heavy atom. The van der Waals surface area contributed by atoms with Crippen molar-refractivity contribution in [3.63, 3.8) is 0 Å². The van der Waals surface area contributed by atoms with Crippen molar-refractivity contribution in [2.45, 2.75) is 33.6 Å². The Morgan fingerprint density at radius 3 is 2.25 bits per heavy atom. The molecular weight excluding hydrogens is 210 g/mol. The molecule has 0 unspecified atom stereocenters. The standard InChI is InChI=1S/C13H16F2O/c1-4-9(5-2)13(16)10-7-6-8(3)11(14)12(10)15/h6-7,9H,4-5H2,1-3H3. The van der Waals surface area contributed by atoms with Crippen LogP contribution in [0.1, 0.15) is 42.6 Å². The highest BCUT2D eigenvalue weighted by molar-refractivity contribution is 5.98. The topological polar surface area (TPSA) is 17.1 Å². The van der Waals surface area contributed by atoms with E-state index in [0.717, 1.165) is 0 Å². The average Bonchev–Trinajstić information content (AvgIpc) is 2.27. The third-order valence-corrected chi connectivity index (χ3v) is 2.90. The van der Waals surface area contributed by atoms with Gasteiger partial charge in [0.2, 0.25) is 0 Å². The summed E-state index contributed by atoms with van der Waals surface area (Å²) >= 11 is 0. The van der Waals surface area contributed by atoms with Crippen LogP contribution in [0.4, 0.5) is 8.78 Å². The van der Waals surface area contributed by atoms with E-state index in [9.17, 15) is 13.6 Å². The number of Topliss-reactive ketones (excluding diaryl/α,β-unsaturated/α-hetero) is 1. The lowest BCUT2D eigenvalue weighted by Gasteiger charge is -2.12. The van der Waals surface area contributed by atoms with Crippen molar-refractivity contribution in [1.29, 1.82) is 0 Å². The Hall–Kier alpha value is -1.25. The second kappa shape index (κ2) is 5.19. The van der Waals surface area contributed by atoms with Crippen LogP contribution in [0.2, 0.25) is 0 Å². The van der Waals surface area contributed by atoms with E-state index in [1.807, 2.05) is 13.8 Å². The van der Waals surface area contributed by atoms with Gasteiger partial charge >= 0.3 is 0 Å². The van der Waals surface area contributed by atoms with Crippen molar-refractivity contribution < 1.29 is 13.6 Å². The number of hydrogen-bond donors (Lipinski definition) is 0. The summed E-state index contributed by atoms with van der Waals surface area (Å²) in [6.45, 7) is 5.22. The second-order valence-electron chi connectivity index (χ2n) is 3.94. The first-order valence-corrected chi connectivity index (χ1v) is 5.51. The first-order valence-electron chi connectivity index (χ1n) is 5.51. The third-order valence-electron chi connectivity index (χ3n) is 2.90. The van der Waals surface area contributed by atoms with E-state index in [4.69, 9.17) is 0 Å². The maximum absolute atomic E-state index is 13.6. The van der Waals surface area contributed by atoms with Crippen LogP contribution in [0.3, 0.4) is 0 Å². The molecule has 0 radical (unpaired) electrons. The number of rotatable bonds is 4. The molecule has 3 heteroatoms. The molecule has 0 aromatic heterocycles. The highest BCUT2D eigenvalue weighted by atomic mass is 19.2. The summed E-state index contributed by atoms with van der Waals surface area (Å²) in [6, 6.07) is 2.81. The van der Waals surface area contributed by atoms with Gasteiger partial charge in [0.25, 0.3) is 0 Å². The van der Waals surface area contributed by atoms with Crippen LogP contribution in [0.25, 0.3) is 0 Å². The molecule has 0 atom stereocenters. The summed E-state index contributed by atoms with van der Waals surface area (Å²) in [6.07, 6.45) is 1.29. The van der Waals surface area contributed by atoms with Gasteiger partial charge in [-0.25, -0.2) is 8.78 Å². The maximum Gasteiger partial charge on any atom is 0.169 e. The Balaban J connectivity index is 3.14. The summed E-state index contributed by atoms with van der Waals surface area (Å²) in [5.74, 6) is -2.47. The second-order valence-corrected chi connectivity index (χ2v) is 3.94. The fraction of sp³-hybridized carbons (Fsp3) is 0.462. The lowest BCUT2D eigenvalue weighted by Crippen LogP contribution is -2.15. The van der Waals surface area contributed by atoms with Crippen molar-refractivity contribution in [3.8, 4) is 0 Å². The summed E-state index contributed by atoms with van der Waals surface area (Å²) in [5.41, 5.74) is 0.0930. The molecule has 0 fully saturated rings. The molecule has 0 heterocycles. The van der Waals surface area contributed by atoms with E-state index in [-0.39, 0.29) is 22.8 Å². The smallest absolute Gasteiger partial charge is 0.169 e. The number of benzene rings is 1. The summed E-state index contributed by atoms with van der Waals surface area (Å²) in [5, 5.41) is 0. The normalized spacial score (nSPS) is 10.9. The lowest BCUT2D eigenvalue weighted by atomic mass is 9.92. The highest BCUT2D eigenvalue weighted by Crippen LogP contribution is 2.21. The number of hydrogen-bond acceptors (Lipinski definition) is 1. The molecule has 0 aliphatic heterocycles. The fourth-order valence-electron chi connectivity index (χ4n) is 1.72. The predicted molar refractivity (Wildman–Crippen MR) is 59.5 cm³/mol. The number of carbonyl (C=O) groups is 1. The molecule has 0 aliphatic carbocycles. The molecule has 0 N–H and O–H groups in total. The molecule has 1 aromatic rings. The summed E-state index contributed by atoms with van der Waals surface area (Å²) < 4.78 is 26.8. The number of ketones is 1. The molecular formula is C13H16F2O. The number of halogens is 2. The monoisotopic (exact) mass is 226 g/mol. The molecule has 1 nitrogen and oxygen atoms in total. The van der Waals surface area contributed by atoms with Crippen molar-refractivity contribution in [3.05, 3.63) is 34.9 Å². The largest absolute Gasteiger partial charge is 0.294 e. The van der Waals surface area contributed by atoms with Gasteiger partial charge in [-0.15, -0.1) is 0 Å². The van der Waals surface area contributed by atoms with Crippen LogP contribution < -0.4 is 0 Å². The molecule has 0 bridgehead atoms. The van der Waals surface area contributed by atoms with Gasteiger partial charge in [0.15, 0.2) is 17.4 Å². The molecule has 0 amide bonds. The predicted octanol–water partition coefficient (Wildman–Crippen LogP) is 3.89. The van der Waals surface area contributed by atoms with Gasteiger partial charge in [-0.05, 0) is 31.4 Å². The lowest BCUT2D eigenvalue weighted by molar-refractivity contribution is 0.0908. The van der Waals surface area contributed by atoms with E-state index in [2.05, 4.69) is 0 Å². The van der Waals surface area contributed by atoms with Gasteiger partial charge in [0, 0.05) is 5.92 Å². The Kier molecular flexibility index (Phi) is 4.16. The number of carbonyl (C=O) groups excluding carboxylic acids is 1. The summed E-state index contributed by atoms with van der Waals surface area (Å²) in [4.78, 5) is 11.9. The Labute approximate surface area is 94.5 Å². The van der Waals surface area contributed by atoms with Gasteiger partial charge < -0.3 is 0 Å². The molecule has 0 aliphatic rings. The van der Waals surface area contributed by atoms with Gasteiger partial charge in [-0.1, -0.05) is 19.9 Å². The van der Waals surface area contributed by atoms with Crippen LogP contribution in [-0.4, -0.2) is 5.78 Å². The zero-order valence-electron chi connectivity index (χ0n) is 9.81. The van der Waals surface area contributed by atoms with Gasteiger partial charge in [0.05, 0.1) is 5.56 Å². The average molecular weight is 226 g/mol. The molecule has 1 aromatic carbocycles. The summed E-state index contributed by atoms with van der Waals surface area (Å²) in [7, 11) is 0. The molecule has 0 spiro atoms. The molecule has 1 rings (SSSR count). The van der Waals surface area contributed by atoms with Crippen molar-refractivity contribution in [1.82, 2.24) is 0 Å². The minimum atomic E-state index is -1.02. The molecule has 88 valence electrons. The maximum atomic E-state index is 13.6. The van der Waals surface area contributed by atoms with Crippen LogP contribution in [0.5, 0.6) is 0 Å². The van der Waals surface area contributed by atoms with Crippen molar-refractivity contribution in [2.24, 2.45) is 5.92 Å². The zero-order chi connectivity index (χ0) is 12.3. The quantitative estimate of drug-likeness (QED) is 0.712. The van der Waals surface area contributed by atoms with Crippen molar-refractivity contribution >= 4 is 5.78 Å². The first-order chi connectivity index (χ1) is 7.52. The Morgan fingerprint density at radius 1 is 1.19 bits per heavy atom. The Bertz CT molecular complexity index is 395. The van der Waals surface area contributed by atoms with E-state index >= 15 is 0 Å². The third kappa shape index (κ3) is 2.29. The fourth-order valence-corrected chi connectivity index (χ4v) is 1.72. The highest BCUT2D eigenvalue weighted by Gasteiger charge is 2.22. The molecule has 0 saturated heterocycles. The van der Waals surface area contributed by atoms with E-state index < -0.39 is 11.6 Å². The van der Waals surface area contributed by atoms with Crippen molar-refractivity contribution in [2.75, 3.05) is 0 Å². The minimum Gasteiger partial charge on any atom is -0.294 e. The van der Waals surface area contributed by atoms with Crippen LogP contribution >= 0.6 is 0 Å². The first kappa shape index (κ1) is 12.8. The van der Waals surface area contributed by atoms with Gasteiger partial charge in [-0.3, -0.25) is 4.79 Å². The van der Waals surface area contributed by atoms with E-state index in [1.165, 1.54) is 19.1 Å². The van der Waals surface area contributed by atoms with Gasteiger partial charge in [0.1, 0.15) is 0 Å². The zero-order valence-corrected chi connectivity index (χ0v) is 9.81. The van der Waals surface area contributed by atoms with Crippen LogP contribution in [0.15, 0.2) is 12.1 Å². The SMILES string of the molecule is CCC(CC)C(=O)c1ccc(C)c(F)c1F. The minimum absolute atomic E-state index is 0.128. The van der Waals surface area contributed by atoms with Crippen LogP contribution in [-0.2, 0) is 0 Å². The van der Waals surface area contributed by atoms with Crippen LogP contribution in [0, 0.1) is 24.5 Å². The van der Waals surface area contributed by atoms with Gasteiger partial charge in [-0.2, -0.15) is 0 Å². The molecule has 0 saturated carbocycles. The number of aryl methyl sites for hydroxylation is 1. The van der Waals surface area contributed by atoms with E-state index in [0.29, 0.717) is 12.8 Å². The van der Waals surface area contributed by atoms with E-state index in [1.54, 1.807) is 0 Å². The molecule has 16 heavy (non-hydrogen) atoms.